The molecule has 0 aromatic heterocycles. The molecule has 1 rings (SSSR count). The largest absolute Gasteiger partial charge is 0.327 e. The fourth-order valence-corrected chi connectivity index (χ4v) is 1.34. The van der Waals surface area contributed by atoms with Crippen molar-refractivity contribution >= 4 is 34.9 Å². The van der Waals surface area contributed by atoms with Crippen molar-refractivity contribution in [1.82, 2.24) is 5.32 Å². The first-order valence-electron chi connectivity index (χ1n) is 4.07. The Morgan fingerprint density at radius 2 is 2.20 bits per heavy atom. The van der Waals surface area contributed by atoms with E-state index in [1.165, 1.54) is 0 Å². The van der Waals surface area contributed by atoms with E-state index in [9.17, 15) is 4.79 Å². The zero-order chi connectivity index (χ0) is 11.3. The minimum Gasteiger partial charge on any atom is -0.327 e. The Kier molecular flexibility index (Phi) is 4.29. The van der Waals surface area contributed by atoms with E-state index in [-0.39, 0.29) is 6.54 Å². The average molecular weight is 243 g/mol. The molecule has 1 aromatic rings. The second-order valence-corrected chi connectivity index (χ2v) is 3.48. The van der Waals surface area contributed by atoms with Crippen LogP contribution in [0.3, 0.4) is 0 Å². The average Bonchev–Trinajstić information content (AvgIpc) is 2.19. The summed E-state index contributed by atoms with van der Waals surface area (Å²) in [4.78, 5) is 11.2. The van der Waals surface area contributed by atoms with Gasteiger partial charge >= 0.3 is 6.03 Å². The van der Waals surface area contributed by atoms with Crippen molar-refractivity contribution in [2.24, 2.45) is 0 Å². The summed E-state index contributed by atoms with van der Waals surface area (Å²) in [6, 6.07) is 4.38. The summed E-state index contributed by atoms with van der Waals surface area (Å²) in [5.74, 6) is 2.28. The number of benzene rings is 1. The molecule has 0 radical (unpaired) electrons. The minimum atomic E-state index is -0.405. The predicted molar refractivity (Wildman–Crippen MR) is 62.3 cm³/mol. The van der Waals surface area contributed by atoms with Crippen LogP contribution in [-0.2, 0) is 0 Å². The molecule has 15 heavy (non-hydrogen) atoms. The number of hydrogen-bond donors (Lipinski definition) is 2. The molecule has 3 nitrogen and oxygen atoms in total. The van der Waals surface area contributed by atoms with Crippen molar-refractivity contribution < 1.29 is 4.79 Å². The maximum Gasteiger partial charge on any atom is 0.320 e. The van der Waals surface area contributed by atoms with Gasteiger partial charge in [0.1, 0.15) is 0 Å². The predicted octanol–water partition coefficient (Wildman–Crippen LogP) is 2.75. The topological polar surface area (TPSA) is 41.1 Å². The molecular weight excluding hydrogens is 235 g/mol. The molecule has 0 saturated heterocycles. The molecule has 0 aliphatic heterocycles. The Bertz CT molecular complexity index is 412. The summed E-state index contributed by atoms with van der Waals surface area (Å²) in [7, 11) is 0. The van der Waals surface area contributed by atoms with Crippen molar-refractivity contribution in [3.63, 3.8) is 0 Å². The van der Waals surface area contributed by atoms with Gasteiger partial charge in [-0.3, -0.25) is 0 Å². The van der Waals surface area contributed by atoms with Gasteiger partial charge in [-0.1, -0.05) is 29.1 Å². The maximum atomic E-state index is 11.2. The van der Waals surface area contributed by atoms with Gasteiger partial charge in [-0.25, -0.2) is 4.79 Å². The quantitative estimate of drug-likeness (QED) is 0.770. The molecule has 0 atom stereocenters. The van der Waals surface area contributed by atoms with E-state index >= 15 is 0 Å². The van der Waals surface area contributed by atoms with Gasteiger partial charge < -0.3 is 10.6 Å². The third-order valence-corrected chi connectivity index (χ3v) is 2.08. The molecule has 1 aromatic carbocycles. The van der Waals surface area contributed by atoms with Crippen LogP contribution in [0.25, 0.3) is 0 Å². The molecule has 5 heteroatoms. The second kappa shape index (κ2) is 5.50. The highest BCUT2D eigenvalue weighted by Crippen LogP contribution is 2.25. The highest BCUT2D eigenvalue weighted by atomic mass is 35.5. The Hall–Kier alpha value is -1.37. The molecular formula is C10H8Cl2N2O. The standard InChI is InChI=1S/C10H8Cl2N2O/c1-2-5-13-10(15)14-9-4-3-7(11)6-8(9)12/h1,3-4,6H,5H2,(H2,13,14,15). The van der Waals surface area contributed by atoms with E-state index in [1.807, 2.05) is 0 Å². The third-order valence-electron chi connectivity index (χ3n) is 1.53. The summed E-state index contributed by atoms with van der Waals surface area (Å²) in [5, 5.41) is 5.86. The van der Waals surface area contributed by atoms with Gasteiger partial charge in [-0.05, 0) is 18.2 Å². The van der Waals surface area contributed by atoms with Crippen LogP contribution >= 0.6 is 23.2 Å². The Morgan fingerprint density at radius 3 is 2.80 bits per heavy atom. The fraction of sp³-hybridized carbons (Fsp3) is 0.100. The molecule has 2 N–H and O–H groups in total. The van der Waals surface area contributed by atoms with Gasteiger partial charge in [0.2, 0.25) is 0 Å². The number of hydrogen-bond acceptors (Lipinski definition) is 1. The van der Waals surface area contributed by atoms with Crippen LogP contribution in [0, 0.1) is 12.3 Å². The highest BCUT2D eigenvalue weighted by molar-refractivity contribution is 6.36. The Morgan fingerprint density at radius 1 is 1.47 bits per heavy atom. The molecule has 0 heterocycles. The summed E-state index contributed by atoms with van der Waals surface area (Å²) >= 11 is 11.5. The van der Waals surface area contributed by atoms with Crippen LogP contribution in [0.1, 0.15) is 0 Å². The Labute approximate surface area is 97.8 Å². The first-order valence-corrected chi connectivity index (χ1v) is 4.82. The van der Waals surface area contributed by atoms with Crippen LogP contribution in [0.4, 0.5) is 10.5 Å². The van der Waals surface area contributed by atoms with E-state index < -0.39 is 6.03 Å². The number of halogens is 2. The van der Waals surface area contributed by atoms with Gasteiger partial charge in [0, 0.05) is 5.02 Å². The van der Waals surface area contributed by atoms with Crippen molar-refractivity contribution in [2.75, 3.05) is 11.9 Å². The van der Waals surface area contributed by atoms with Gasteiger partial charge in [0.05, 0.1) is 17.3 Å². The van der Waals surface area contributed by atoms with Crippen molar-refractivity contribution in [3.05, 3.63) is 28.2 Å². The van der Waals surface area contributed by atoms with Gasteiger partial charge in [-0.15, -0.1) is 6.42 Å². The number of terminal acetylenes is 1. The number of carbonyl (C=O) groups is 1. The third kappa shape index (κ3) is 3.70. The fourth-order valence-electron chi connectivity index (χ4n) is 0.889. The number of nitrogens with one attached hydrogen (secondary N) is 2. The van der Waals surface area contributed by atoms with Crippen LogP contribution in [0.15, 0.2) is 18.2 Å². The summed E-state index contributed by atoms with van der Waals surface area (Å²) in [6.07, 6.45) is 4.98. The molecule has 0 fully saturated rings. The van der Waals surface area contributed by atoms with E-state index in [2.05, 4.69) is 16.6 Å². The van der Waals surface area contributed by atoms with Crippen molar-refractivity contribution in [2.45, 2.75) is 0 Å². The number of carbonyl (C=O) groups excluding carboxylic acids is 1. The molecule has 0 bridgehead atoms. The summed E-state index contributed by atoms with van der Waals surface area (Å²) in [5.41, 5.74) is 0.482. The monoisotopic (exact) mass is 242 g/mol. The van der Waals surface area contributed by atoms with Gasteiger partial charge in [0.15, 0.2) is 0 Å². The number of rotatable bonds is 2. The molecule has 2 amide bonds. The van der Waals surface area contributed by atoms with E-state index in [0.717, 1.165) is 0 Å². The van der Waals surface area contributed by atoms with E-state index in [4.69, 9.17) is 29.6 Å². The van der Waals surface area contributed by atoms with Gasteiger partial charge in [-0.2, -0.15) is 0 Å². The Balaban J connectivity index is 2.65. The molecule has 0 saturated carbocycles. The van der Waals surface area contributed by atoms with E-state index in [1.54, 1.807) is 18.2 Å². The number of anilines is 1. The van der Waals surface area contributed by atoms with Crippen LogP contribution < -0.4 is 10.6 Å². The highest BCUT2D eigenvalue weighted by Gasteiger charge is 2.04. The molecule has 0 aliphatic carbocycles. The lowest BCUT2D eigenvalue weighted by Gasteiger charge is -2.07. The smallest absolute Gasteiger partial charge is 0.320 e. The minimum absolute atomic E-state index is 0.164. The number of amides is 2. The molecule has 0 unspecified atom stereocenters. The first-order chi connectivity index (χ1) is 7.13. The SMILES string of the molecule is C#CCNC(=O)Nc1ccc(Cl)cc1Cl. The normalized spacial score (nSPS) is 9.13. The summed E-state index contributed by atoms with van der Waals surface area (Å²) in [6.45, 7) is 0.164. The zero-order valence-corrected chi connectivity index (χ0v) is 9.19. The lowest BCUT2D eigenvalue weighted by molar-refractivity contribution is 0.253. The zero-order valence-electron chi connectivity index (χ0n) is 7.68. The molecule has 0 spiro atoms. The second-order valence-electron chi connectivity index (χ2n) is 2.64. The lowest BCUT2D eigenvalue weighted by atomic mass is 10.3. The van der Waals surface area contributed by atoms with Crippen LogP contribution in [-0.4, -0.2) is 12.6 Å². The van der Waals surface area contributed by atoms with Crippen molar-refractivity contribution in [3.8, 4) is 12.3 Å². The van der Waals surface area contributed by atoms with Gasteiger partial charge in [0.25, 0.3) is 0 Å². The molecule has 0 aliphatic rings. The first kappa shape index (κ1) is 11.7. The van der Waals surface area contributed by atoms with Crippen LogP contribution in [0.2, 0.25) is 10.0 Å². The summed E-state index contributed by atoms with van der Waals surface area (Å²) < 4.78 is 0. The van der Waals surface area contributed by atoms with Crippen molar-refractivity contribution in [1.29, 1.82) is 0 Å². The van der Waals surface area contributed by atoms with Crippen LogP contribution in [0.5, 0.6) is 0 Å². The molecule has 78 valence electrons. The number of urea groups is 1. The maximum absolute atomic E-state index is 11.2. The lowest BCUT2D eigenvalue weighted by Crippen LogP contribution is -2.28. The van der Waals surface area contributed by atoms with E-state index in [0.29, 0.717) is 15.7 Å².